The summed E-state index contributed by atoms with van der Waals surface area (Å²) < 4.78 is 13.5. The lowest BCUT2D eigenvalue weighted by molar-refractivity contribution is 0.434. The van der Waals surface area contributed by atoms with Crippen LogP contribution in [0.2, 0.25) is 0 Å². The smallest absolute Gasteiger partial charge is 0.231 e. The first-order chi connectivity index (χ1) is 18.1. The molecule has 1 fully saturated rings. The second-order valence-electron chi connectivity index (χ2n) is 8.44. The number of rotatable bonds is 8. The van der Waals surface area contributed by atoms with E-state index >= 15 is 0 Å². The van der Waals surface area contributed by atoms with Gasteiger partial charge in [-0.1, -0.05) is 25.0 Å². The molecule has 3 aromatic heterocycles. The minimum Gasteiger partial charge on any atom is -0.361 e. The number of halogens is 1. The molecule has 37 heavy (non-hydrogen) atoms. The number of aromatic nitrogens is 6. The molecule has 0 spiro atoms. The van der Waals surface area contributed by atoms with Crippen molar-refractivity contribution in [3.8, 4) is 0 Å². The minimum absolute atomic E-state index is 0.0890. The van der Waals surface area contributed by atoms with E-state index in [4.69, 9.17) is 12.2 Å². The molecule has 4 aromatic rings. The number of hydrogen-bond donors (Lipinski definition) is 2. The molecule has 5 rings (SSSR count). The summed E-state index contributed by atoms with van der Waals surface area (Å²) in [5, 5.41) is 9.35. The molecule has 1 aromatic carbocycles. The van der Waals surface area contributed by atoms with Gasteiger partial charge in [-0.25, -0.2) is 34.3 Å². The van der Waals surface area contributed by atoms with E-state index in [0.29, 0.717) is 38.0 Å². The Balaban J connectivity index is 1.32. The fourth-order valence-corrected chi connectivity index (χ4v) is 5.92. The predicted molar refractivity (Wildman–Crippen MR) is 145 cm³/mol. The molecule has 0 atom stereocenters. The molecule has 1 aliphatic rings. The number of anilines is 1. The Bertz CT molecular complexity index is 1280. The maximum absolute atomic E-state index is 13.5. The molecule has 8 nitrogen and oxygen atoms in total. The molecule has 1 aliphatic carbocycles. The van der Waals surface area contributed by atoms with E-state index in [1.807, 2.05) is 18.2 Å². The molecule has 0 radical (unpaired) electrons. The standard InChI is InChI=1S/C25H23FN8S3/c26-18-7-5-17(6-8-18)25(9-1-2-10-25)16-31-22(35)34-21-32-19(36-23-27-11-3-12-28-23)15-20(33-21)37-24-29-13-4-14-30-24/h3-8,11-15H,1-2,9-10,16H2,(H2,31,32,33,34,35). The highest BCUT2D eigenvalue weighted by Crippen LogP contribution is 2.40. The lowest BCUT2D eigenvalue weighted by Gasteiger charge is -2.30. The highest BCUT2D eigenvalue weighted by molar-refractivity contribution is 7.99. The van der Waals surface area contributed by atoms with Gasteiger partial charge in [0.2, 0.25) is 5.95 Å². The van der Waals surface area contributed by atoms with Gasteiger partial charge in [-0.15, -0.1) is 0 Å². The van der Waals surface area contributed by atoms with Crippen molar-refractivity contribution < 1.29 is 4.39 Å². The first-order valence-corrected chi connectivity index (χ1v) is 13.7. The average molecular weight is 551 g/mol. The Hall–Kier alpha value is -3.22. The van der Waals surface area contributed by atoms with Crippen molar-refractivity contribution in [2.24, 2.45) is 0 Å². The minimum atomic E-state index is -0.229. The Labute approximate surface area is 227 Å². The molecular formula is C25H23FN8S3. The fraction of sp³-hybridized carbons (Fsp3) is 0.240. The highest BCUT2D eigenvalue weighted by Gasteiger charge is 2.35. The summed E-state index contributed by atoms with van der Waals surface area (Å²) in [6, 6.07) is 12.2. The van der Waals surface area contributed by atoms with Crippen molar-refractivity contribution in [1.29, 1.82) is 0 Å². The summed E-state index contributed by atoms with van der Waals surface area (Å²) in [5.41, 5.74) is 1.04. The second-order valence-corrected chi connectivity index (χ2v) is 10.8. The molecule has 0 aliphatic heterocycles. The summed E-state index contributed by atoms with van der Waals surface area (Å²) in [6.07, 6.45) is 11.0. The quantitative estimate of drug-likeness (QED) is 0.170. The van der Waals surface area contributed by atoms with Crippen LogP contribution in [0.5, 0.6) is 0 Å². The molecule has 3 heterocycles. The number of thiocarbonyl (C=S) groups is 1. The summed E-state index contributed by atoms with van der Waals surface area (Å²) in [7, 11) is 0. The van der Waals surface area contributed by atoms with Crippen LogP contribution in [0.1, 0.15) is 31.2 Å². The molecule has 0 unspecified atom stereocenters. The first kappa shape index (κ1) is 25.4. The lowest BCUT2D eigenvalue weighted by atomic mass is 9.79. The number of benzene rings is 1. The van der Waals surface area contributed by atoms with Crippen LogP contribution in [-0.2, 0) is 5.41 Å². The van der Waals surface area contributed by atoms with E-state index in [9.17, 15) is 4.39 Å². The van der Waals surface area contributed by atoms with Gasteiger partial charge < -0.3 is 10.6 Å². The van der Waals surface area contributed by atoms with Gasteiger partial charge in [0.25, 0.3) is 0 Å². The number of nitrogens with one attached hydrogen (secondary N) is 2. The monoisotopic (exact) mass is 550 g/mol. The first-order valence-electron chi connectivity index (χ1n) is 11.7. The fourth-order valence-electron chi connectivity index (χ4n) is 4.25. The van der Waals surface area contributed by atoms with Gasteiger partial charge in [0.1, 0.15) is 15.9 Å². The maximum atomic E-state index is 13.5. The number of nitrogens with zero attached hydrogens (tertiary/aromatic N) is 6. The van der Waals surface area contributed by atoms with E-state index in [1.165, 1.54) is 35.7 Å². The molecule has 0 bridgehead atoms. The van der Waals surface area contributed by atoms with E-state index in [-0.39, 0.29) is 11.2 Å². The van der Waals surface area contributed by atoms with E-state index in [0.717, 1.165) is 31.2 Å². The molecule has 1 saturated carbocycles. The van der Waals surface area contributed by atoms with Crippen molar-refractivity contribution in [2.75, 3.05) is 11.9 Å². The van der Waals surface area contributed by atoms with Crippen molar-refractivity contribution in [1.82, 2.24) is 35.2 Å². The third-order valence-corrected chi connectivity index (χ3v) is 7.85. The third-order valence-electron chi connectivity index (χ3n) is 5.98. The topological polar surface area (TPSA) is 101 Å². The van der Waals surface area contributed by atoms with Crippen molar-refractivity contribution >= 4 is 46.8 Å². The average Bonchev–Trinajstić information content (AvgIpc) is 3.39. The van der Waals surface area contributed by atoms with Crippen LogP contribution in [0, 0.1) is 5.82 Å². The molecule has 0 saturated heterocycles. The zero-order chi connectivity index (χ0) is 25.5. The van der Waals surface area contributed by atoms with Crippen LogP contribution in [-0.4, -0.2) is 41.6 Å². The molecule has 2 N–H and O–H groups in total. The zero-order valence-electron chi connectivity index (χ0n) is 19.7. The number of hydrogen-bond acceptors (Lipinski definition) is 9. The highest BCUT2D eigenvalue weighted by atomic mass is 32.2. The summed E-state index contributed by atoms with van der Waals surface area (Å²) >= 11 is 8.26. The van der Waals surface area contributed by atoms with Gasteiger partial charge in [0.05, 0.1) is 0 Å². The zero-order valence-corrected chi connectivity index (χ0v) is 22.1. The summed E-state index contributed by atoms with van der Waals surface area (Å²) in [6.45, 7) is 0.635. The summed E-state index contributed by atoms with van der Waals surface area (Å²) in [5.74, 6) is 0.117. The Morgan fingerprint density at radius 2 is 1.41 bits per heavy atom. The van der Waals surface area contributed by atoms with Gasteiger partial charge in [-0.3, -0.25) is 0 Å². The van der Waals surface area contributed by atoms with Crippen LogP contribution in [0.4, 0.5) is 10.3 Å². The van der Waals surface area contributed by atoms with Gasteiger partial charge in [0, 0.05) is 42.8 Å². The van der Waals surface area contributed by atoms with Gasteiger partial charge in [-0.2, -0.15) is 0 Å². The largest absolute Gasteiger partial charge is 0.361 e. The van der Waals surface area contributed by atoms with Crippen molar-refractivity contribution in [3.05, 3.63) is 78.6 Å². The lowest BCUT2D eigenvalue weighted by Crippen LogP contribution is -2.41. The Morgan fingerprint density at radius 3 is 1.95 bits per heavy atom. The maximum Gasteiger partial charge on any atom is 0.231 e. The van der Waals surface area contributed by atoms with Crippen LogP contribution in [0.25, 0.3) is 0 Å². The van der Waals surface area contributed by atoms with Crippen molar-refractivity contribution in [2.45, 2.75) is 51.5 Å². The van der Waals surface area contributed by atoms with Crippen LogP contribution in [0.3, 0.4) is 0 Å². The van der Waals surface area contributed by atoms with Gasteiger partial charge in [-0.05, 0) is 78.4 Å². The van der Waals surface area contributed by atoms with Crippen molar-refractivity contribution in [3.63, 3.8) is 0 Å². The predicted octanol–water partition coefficient (Wildman–Crippen LogP) is 5.30. The SMILES string of the molecule is Fc1ccc(C2(CNC(=S)Nc3nc(Sc4ncccn4)cc(Sc4ncccn4)n3)CCCC2)cc1. The second kappa shape index (κ2) is 11.9. The normalized spacial score (nSPS) is 14.3. The van der Waals surface area contributed by atoms with E-state index < -0.39 is 0 Å². The van der Waals surface area contributed by atoms with E-state index in [1.54, 1.807) is 36.9 Å². The molecular weight excluding hydrogens is 528 g/mol. The van der Waals surface area contributed by atoms with Crippen LogP contribution >= 0.6 is 35.7 Å². The third kappa shape index (κ3) is 6.76. The molecule has 0 amide bonds. The summed E-state index contributed by atoms with van der Waals surface area (Å²) in [4.78, 5) is 26.3. The molecule has 12 heteroatoms. The van der Waals surface area contributed by atoms with Gasteiger partial charge in [0.15, 0.2) is 15.4 Å². The van der Waals surface area contributed by atoms with Crippen LogP contribution in [0.15, 0.2) is 87.6 Å². The Morgan fingerprint density at radius 1 is 0.865 bits per heavy atom. The van der Waals surface area contributed by atoms with Crippen LogP contribution < -0.4 is 10.6 Å². The Kier molecular flexibility index (Phi) is 8.17. The van der Waals surface area contributed by atoms with E-state index in [2.05, 4.69) is 40.5 Å². The molecule has 188 valence electrons. The van der Waals surface area contributed by atoms with Gasteiger partial charge >= 0.3 is 0 Å².